The summed E-state index contributed by atoms with van der Waals surface area (Å²) in [6, 6.07) is 3.11. The normalized spacial score (nSPS) is 14.3. The van der Waals surface area contributed by atoms with Crippen molar-refractivity contribution >= 4 is 23.5 Å². The van der Waals surface area contributed by atoms with Crippen LogP contribution in [0.2, 0.25) is 5.22 Å². The van der Waals surface area contributed by atoms with E-state index in [4.69, 9.17) is 20.8 Å². The summed E-state index contributed by atoms with van der Waals surface area (Å²) in [7, 11) is 0. The molecule has 2 rings (SSSR count). The van der Waals surface area contributed by atoms with Crippen molar-refractivity contribution in [2.75, 3.05) is 13.2 Å². The van der Waals surface area contributed by atoms with Crippen molar-refractivity contribution in [2.45, 2.75) is 25.8 Å². The summed E-state index contributed by atoms with van der Waals surface area (Å²) in [5, 5.41) is 0.158. The Morgan fingerprint density at radius 1 is 1.50 bits per heavy atom. The molecule has 0 unspecified atom stereocenters. The van der Waals surface area contributed by atoms with Crippen LogP contribution in [0.25, 0.3) is 0 Å². The van der Waals surface area contributed by atoms with E-state index in [1.54, 1.807) is 6.92 Å². The fourth-order valence-corrected chi connectivity index (χ4v) is 1.82. The number of esters is 1. The van der Waals surface area contributed by atoms with Crippen molar-refractivity contribution < 1.29 is 18.7 Å². The largest absolute Gasteiger partial charge is 0.465 e. The Balaban J connectivity index is 2.05. The number of amides is 1. The summed E-state index contributed by atoms with van der Waals surface area (Å²) in [4.78, 5) is 25.1. The van der Waals surface area contributed by atoms with E-state index in [0.29, 0.717) is 6.61 Å². The summed E-state index contributed by atoms with van der Waals surface area (Å²) in [5.41, 5.74) is 0. The fraction of sp³-hybridized carbons (Fsp3) is 0.500. The van der Waals surface area contributed by atoms with Crippen LogP contribution >= 0.6 is 11.6 Å². The number of hydrogen-bond donors (Lipinski definition) is 0. The number of carbonyl (C=O) groups is 2. The van der Waals surface area contributed by atoms with Gasteiger partial charge in [-0.2, -0.15) is 0 Å². The lowest BCUT2D eigenvalue weighted by Crippen LogP contribution is -2.38. The zero-order chi connectivity index (χ0) is 13.1. The van der Waals surface area contributed by atoms with Gasteiger partial charge in [-0.15, -0.1) is 0 Å². The molecule has 1 amide bonds. The highest BCUT2D eigenvalue weighted by molar-refractivity contribution is 6.29. The zero-order valence-electron chi connectivity index (χ0n) is 10.0. The molecular weight excluding hydrogens is 258 g/mol. The van der Waals surface area contributed by atoms with Gasteiger partial charge in [-0.25, -0.2) is 0 Å². The molecule has 1 aliphatic carbocycles. The van der Waals surface area contributed by atoms with Gasteiger partial charge in [-0.1, -0.05) is 0 Å². The van der Waals surface area contributed by atoms with Gasteiger partial charge >= 0.3 is 5.97 Å². The first-order valence-corrected chi connectivity index (χ1v) is 6.21. The molecule has 0 bridgehead atoms. The highest BCUT2D eigenvalue weighted by atomic mass is 35.5. The lowest BCUT2D eigenvalue weighted by molar-refractivity contribution is -0.144. The second-order valence-electron chi connectivity index (χ2n) is 4.07. The zero-order valence-corrected chi connectivity index (χ0v) is 10.8. The predicted octanol–water partition coefficient (Wildman–Crippen LogP) is 2.10. The average Bonchev–Trinajstić information content (AvgIpc) is 3.08. The Labute approximate surface area is 110 Å². The summed E-state index contributed by atoms with van der Waals surface area (Å²) < 4.78 is 9.92. The molecule has 0 atom stereocenters. The number of rotatable bonds is 5. The van der Waals surface area contributed by atoms with Crippen molar-refractivity contribution in [3.05, 3.63) is 23.1 Å². The third kappa shape index (κ3) is 3.04. The van der Waals surface area contributed by atoms with Crippen molar-refractivity contribution in [1.82, 2.24) is 4.90 Å². The van der Waals surface area contributed by atoms with E-state index >= 15 is 0 Å². The van der Waals surface area contributed by atoms with Crippen molar-refractivity contribution in [1.29, 1.82) is 0 Å². The standard InChI is InChI=1S/C12H14ClNO4/c1-2-17-11(15)7-14(8-3-4-8)12(16)9-5-6-10(13)18-9/h5-6,8H,2-4,7H2,1H3. The number of hydrogen-bond acceptors (Lipinski definition) is 4. The van der Waals surface area contributed by atoms with Crippen LogP contribution in [0.15, 0.2) is 16.5 Å². The molecule has 98 valence electrons. The Morgan fingerprint density at radius 2 is 2.22 bits per heavy atom. The highest BCUT2D eigenvalue weighted by Gasteiger charge is 2.35. The molecule has 0 aliphatic heterocycles. The maximum Gasteiger partial charge on any atom is 0.325 e. The van der Waals surface area contributed by atoms with Crippen molar-refractivity contribution in [2.24, 2.45) is 0 Å². The van der Waals surface area contributed by atoms with Crippen molar-refractivity contribution in [3.63, 3.8) is 0 Å². The van der Waals surface area contributed by atoms with Crippen LogP contribution in [-0.4, -0.2) is 36.0 Å². The topological polar surface area (TPSA) is 59.8 Å². The molecule has 18 heavy (non-hydrogen) atoms. The second kappa shape index (κ2) is 5.44. The molecule has 0 saturated heterocycles. The molecule has 5 nitrogen and oxygen atoms in total. The minimum Gasteiger partial charge on any atom is -0.465 e. The van der Waals surface area contributed by atoms with Crippen LogP contribution in [-0.2, 0) is 9.53 Å². The van der Waals surface area contributed by atoms with Gasteiger partial charge in [0.25, 0.3) is 5.91 Å². The van der Waals surface area contributed by atoms with Crippen LogP contribution in [0.4, 0.5) is 0 Å². The van der Waals surface area contributed by atoms with E-state index in [1.165, 1.54) is 17.0 Å². The third-order valence-corrected chi connectivity index (χ3v) is 2.84. The third-order valence-electron chi connectivity index (χ3n) is 2.64. The quantitative estimate of drug-likeness (QED) is 0.770. The van der Waals surface area contributed by atoms with E-state index in [1.807, 2.05) is 0 Å². The van der Waals surface area contributed by atoms with E-state index < -0.39 is 5.97 Å². The SMILES string of the molecule is CCOC(=O)CN(C(=O)c1ccc(Cl)o1)C1CC1. The summed E-state index contributed by atoms with van der Waals surface area (Å²) in [6.07, 6.45) is 1.80. The smallest absolute Gasteiger partial charge is 0.325 e. The van der Waals surface area contributed by atoms with Gasteiger partial charge in [0.1, 0.15) is 6.54 Å². The second-order valence-corrected chi connectivity index (χ2v) is 4.45. The van der Waals surface area contributed by atoms with Crippen LogP contribution in [0, 0.1) is 0 Å². The first-order valence-electron chi connectivity index (χ1n) is 5.83. The molecule has 1 fully saturated rings. The molecule has 1 heterocycles. The lowest BCUT2D eigenvalue weighted by Gasteiger charge is -2.19. The summed E-state index contributed by atoms with van der Waals surface area (Å²) >= 11 is 5.63. The minimum atomic E-state index is -0.407. The minimum absolute atomic E-state index is 0.0460. The summed E-state index contributed by atoms with van der Waals surface area (Å²) in [6.45, 7) is 1.99. The van der Waals surface area contributed by atoms with Crippen LogP contribution in [0.1, 0.15) is 30.3 Å². The van der Waals surface area contributed by atoms with Crippen LogP contribution < -0.4 is 0 Å². The molecule has 1 aliphatic rings. The maximum atomic E-state index is 12.1. The van der Waals surface area contributed by atoms with E-state index in [2.05, 4.69) is 0 Å². The Morgan fingerprint density at radius 3 is 2.72 bits per heavy atom. The molecule has 0 aromatic carbocycles. The van der Waals surface area contributed by atoms with Gasteiger partial charge in [0.2, 0.25) is 0 Å². The first-order chi connectivity index (χ1) is 8.61. The van der Waals surface area contributed by atoms with Gasteiger partial charge in [-0.05, 0) is 43.5 Å². The highest BCUT2D eigenvalue weighted by Crippen LogP contribution is 2.28. The number of furan rings is 1. The van der Waals surface area contributed by atoms with Crippen LogP contribution in [0.5, 0.6) is 0 Å². The Kier molecular flexibility index (Phi) is 3.91. The van der Waals surface area contributed by atoms with Gasteiger partial charge in [0.15, 0.2) is 11.0 Å². The maximum absolute atomic E-state index is 12.1. The van der Waals surface area contributed by atoms with Crippen molar-refractivity contribution in [3.8, 4) is 0 Å². The van der Waals surface area contributed by atoms with E-state index in [0.717, 1.165) is 12.8 Å². The van der Waals surface area contributed by atoms with E-state index in [9.17, 15) is 9.59 Å². The monoisotopic (exact) mass is 271 g/mol. The van der Waals surface area contributed by atoms with Gasteiger partial charge in [-0.3, -0.25) is 9.59 Å². The molecule has 6 heteroatoms. The predicted molar refractivity (Wildman–Crippen MR) is 64.4 cm³/mol. The Bertz CT molecular complexity index is 453. The molecule has 1 aromatic heterocycles. The van der Waals surface area contributed by atoms with E-state index in [-0.39, 0.29) is 29.5 Å². The first kappa shape index (κ1) is 13.0. The number of nitrogens with zero attached hydrogens (tertiary/aromatic N) is 1. The molecular formula is C12H14ClNO4. The van der Waals surface area contributed by atoms with Gasteiger partial charge < -0.3 is 14.1 Å². The number of carbonyl (C=O) groups excluding carboxylic acids is 2. The summed E-state index contributed by atoms with van der Waals surface area (Å²) in [5.74, 6) is -0.580. The number of ether oxygens (including phenoxy) is 1. The van der Waals surface area contributed by atoms with Gasteiger partial charge in [0.05, 0.1) is 6.61 Å². The number of halogens is 1. The molecule has 1 aromatic rings. The molecule has 1 saturated carbocycles. The van der Waals surface area contributed by atoms with Crippen LogP contribution in [0.3, 0.4) is 0 Å². The molecule has 0 N–H and O–H groups in total. The lowest BCUT2D eigenvalue weighted by atomic mass is 10.3. The molecule has 0 spiro atoms. The average molecular weight is 272 g/mol. The van der Waals surface area contributed by atoms with Gasteiger partial charge in [0, 0.05) is 6.04 Å². The molecule has 0 radical (unpaired) electrons. The fourth-order valence-electron chi connectivity index (χ4n) is 1.67. The Hall–Kier alpha value is -1.49.